The van der Waals surface area contributed by atoms with Crippen LogP contribution in [-0.4, -0.2) is 25.7 Å². The number of carbonyl (C=O) groups is 1. The molecule has 1 aromatic heterocycles. The van der Waals surface area contributed by atoms with Crippen molar-refractivity contribution >= 4 is 5.97 Å². The highest BCUT2D eigenvalue weighted by molar-refractivity contribution is 5.89. The Morgan fingerprint density at radius 2 is 2.00 bits per heavy atom. The van der Waals surface area contributed by atoms with Crippen molar-refractivity contribution in [3.05, 3.63) is 77.0 Å². The number of halogens is 1. The minimum absolute atomic E-state index is 0.205. The lowest BCUT2D eigenvalue weighted by Crippen LogP contribution is -2.14. The second-order valence-electron chi connectivity index (χ2n) is 8.64. The number of benzene rings is 2. The van der Waals surface area contributed by atoms with E-state index in [1.807, 2.05) is 16.7 Å². The molecule has 2 aromatic carbocycles. The van der Waals surface area contributed by atoms with Gasteiger partial charge in [-0.3, -0.25) is 0 Å². The molecule has 1 aliphatic heterocycles. The summed E-state index contributed by atoms with van der Waals surface area (Å²) in [6, 6.07) is 9.80. The van der Waals surface area contributed by atoms with Gasteiger partial charge in [0, 0.05) is 17.5 Å². The molecule has 2 atom stereocenters. The average Bonchev–Trinajstić information content (AvgIpc) is 3.37. The Labute approximate surface area is 180 Å². The minimum Gasteiger partial charge on any atom is -0.478 e. The number of rotatable bonds is 5. The molecule has 6 heteroatoms. The van der Waals surface area contributed by atoms with Gasteiger partial charge in [-0.05, 0) is 42.0 Å². The molecule has 1 unspecified atom stereocenters. The van der Waals surface area contributed by atoms with Gasteiger partial charge in [0.1, 0.15) is 5.82 Å². The van der Waals surface area contributed by atoms with Gasteiger partial charge in [0.15, 0.2) is 0 Å². The molecule has 160 valence electrons. The predicted octanol–water partition coefficient (Wildman–Crippen LogP) is 5.46. The molecule has 31 heavy (non-hydrogen) atoms. The number of aromatic carboxylic acids is 1. The second kappa shape index (κ2) is 7.93. The smallest absolute Gasteiger partial charge is 0.335 e. The van der Waals surface area contributed by atoms with E-state index in [2.05, 4.69) is 4.98 Å². The Morgan fingerprint density at radius 1 is 1.19 bits per heavy atom. The number of fused-ring (bicyclic) bond motifs is 3. The number of carboxylic acids is 1. The van der Waals surface area contributed by atoms with Crippen molar-refractivity contribution in [2.75, 3.05) is 0 Å². The van der Waals surface area contributed by atoms with E-state index in [1.54, 1.807) is 30.7 Å². The fourth-order valence-electron chi connectivity index (χ4n) is 5.31. The number of hydrogen-bond donors (Lipinski definition) is 2. The maximum atomic E-state index is 14.7. The first-order chi connectivity index (χ1) is 15.0. The quantitative estimate of drug-likeness (QED) is 0.575. The summed E-state index contributed by atoms with van der Waals surface area (Å²) in [6.07, 6.45) is 8.14. The maximum Gasteiger partial charge on any atom is 0.335 e. The van der Waals surface area contributed by atoms with Crippen LogP contribution in [0.5, 0.6) is 0 Å². The second-order valence-corrected chi connectivity index (χ2v) is 8.64. The van der Waals surface area contributed by atoms with Gasteiger partial charge in [0.2, 0.25) is 0 Å². The molecule has 0 spiro atoms. The third kappa shape index (κ3) is 3.45. The van der Waals surface area contributed by atoms with Crippen LogP contribution < -0.4 is 0 Å². The molecule has 2 aliphatic rings. The molecule has 1 saturated carbocycles. The predicted molar refractivity (Wildman–Crippen MR) is 115 cm³/mol. The summed E-state index contributed by atoms with van der Waals surface area (Å²) in [5.74, 6) is -1.02. The summed E-state index contributed by atoms with van der Waals surface area (Å²) in [4.78, 5) is 16.0. The van der Waals surface area contributed by atoms with Crippen LogP contribution in [-0.2, 0) is 0 Å². The van der Waals surface area contributed by atoms with Crippen LogP contribution in [0.25, 0.3) is 11.3 Å². The van der Waals surface area contributed by atoms with Gasteiger partial charge in [-0.25, -0.2) is 14.2 Å². The Balaban J connectivity index is 1.48. The zero-order chi connectivity index (χ0) is 21.5. The van der Waals surface area contributed by atoms with Gasteiger partial charge < -0.3 is 14.8 Å². The van der Waals surface area contributed by atoms with Crippen molar-refractivity contribution in [3.63, 3.8) is 0 Å². The van der Waals surface area contributed by atoms with Crippen LogP contribution in [0.15, 0.2) is 48.9 Å². The van der Waals surface area contributed by atoms with Gasteiger partial charge >= 0.3 is 5.97 Å². The Bertz CT molecular complexity index is 1130. The molecule has 0 bridgehead atoms. The van der Waals surface area contributed by atoms with E-state index in [0.717, 1.165) is 42.5 Å². The summed E-state index contributed by atoms with van der Waals surface area (Å²) < 4.78 is 16.6. The van der Waals surface area contributed by atoms with Crippen LogP contribution in [0.1, 0.15) is 83.6 Å². The lowest BCUT2D eigenvalue weighted by molar-refractivity contribution is 0.0694. The highest BCUT2D eigenvalue weighted by Gasteiger charge is 2.33. The number of aromatic nitrogens is 2. The van der Waals surface area contributed by atoms with Gasteiger partial charge in [-0.2, -0.15) is 0 Å². The standard InChI is InChI=1S/C25H25FN2O3/c26-20-8-4-7-18-22-13-27-14-28(22)21(24(18)20)12-23(29)16-9-10-17(25(30)31)19(11-16)15-5-2-1-3-6-15/h4,7-11,13-15,21,23,29H,1-3,5-6,12H2,(H,30,31)/t21?,23-/m0/s1. The van der Waals surface area contributed by atoms with E-state index in [1.165, 1.54) is 12.5 Å². The molecule has 2 N–H and O–H groups in total. The number of imidazole rings is 1. The number of carboxylic acid groups (broad SMARTS) is 1. The first-order valence-electron chi connectivity index (χ1n) is 10.9. The minimum atomic E-state index is -0.934. The van der Waals surface area contributed by atoms with Gasteiger partial charge in [-0.1, -0.05) is 43.5 Å². The zero-order valence-corrected chi connectivity index (χ0v) is 17.2. The lowest BCUT2D eigenvalue weighted by atomic mass is 9.81. The molecular formula is C25H25FN2O3. The van der Waals surface area contributed by atoms with Gasteiger partial charge in [-0.15, -0.1) is 0 Å². The molecule has 1 aliphatic carbocycles. The largest absolute Gasteiger partial charge is 0.478 e. The van der Waals surface area contributed by atoms with Crippen molar-refractivity contribution < 1.29 is 19.4 Å². The van der Waals surface area contributed by atoms with Crippen LogP contribution in [0, 0.1) is 5.82 Å². The molecule has 3 aromatic rings. The molecule has 1 fully saturated rings. The third-order valence-electron chi connectivity index (χ3n) is 6.85. The molecular weight excluding hydrogens is 395 g/mol. The highest BCUT2D eigenvalue weighted by Crippen LogP contribution is 2.44. The topological polar surface area (TPSA) is 75.3 Å². The van der Waals surface area contributed by atoms with E-state index in [4.69, 9.17) is 0 Å². The maximum absolute atomic E-state index is 14.7. The zero-order valence-electron chi connectivity index (χ0n) is 17.2. The Morgan fingerprint density at radius 3 is 2.77 bits per heavy atom. The van der Waals surface area contributed by atoms with Crippen LogP contribution in [0.4, 0.5) is 4.39 Å². The van der Waals surface area contributed by atoms with Crippen molar-refractivity contribution in [3.8, 4) is 11.3 Å². The van der Waals surface area contributed by atoms with E-state index >= 15 is 0 Å². The monoisotopic (exact) mass is 420 g/mol. The third-order valence-corrected chi connectivity index (χ3v) is 6.85. The van der Waals surface area contributed by atoms with E-state index in [9.17, 15) is 19.4 Å². The fraction of sp³-hybridized carbons (Fsp3) is 0.360. The van der Waals surface area contributed by atoms with Crippen LogP contribution in [0.2, 0.25) is 0 Å². The molecule has 0 amide bonds. The number of hydrogen-bond acceptors (Lipinski definition) is 3. The highest BCUT2D eigenvalue weighted by atomic mass is 19.1. The lowest BCUT2D eigenvalue weighted by Gasteiger charge is -2.25. The molecule has 2 heterocycles. The van der Waals surface area contributed by atoms with Gasteiger partial charge in [0.25, 0.3) is 0 Å². The molecule has 0 radical (unpaired) electrons. The molecule has 0 saturated heterocycles. The van der Waals surface area contributed by atoms with Gasteiger partial charge in [0.05, 0.1) is 35.9 Å². The first kappa shape index (κ1) is 19.9. The van der Waals surface area contributed by atoms with Crippen LogP contribution >= 0.6 is 0 Å². The molecule has 5 nitrogen and oxygen atoms in total. The summed E-state index contributed by atoms with van der Waals surface area (Å²) in [7, 11) is 0. The van der Waals surface area contributed by atoms with Crippen LogP contribution in [0.3, 0.4) is 0 Å². The van der Waals surface area contributed by atoms with E-state index in [0.29, 0.717) is 16.7 Å². The number of aliphatic hydroxyl groups is 1. The van der Waals surface area contributed by atoms with Crippen molar-refractivity contribution in [2.24, 2.45) is 0 Å². The fourth-order valence-corrected chi connectivity index (χ4v) is 5.31. The summed E-state index contributed by atoms with van der Waals surface area (Å²) in [6.45, 7) is 0. The summed E-state index contributed by atoms with van der Waals surface area (Å²) >= 11 is 0. The Hall–Kier alpha value is -2.99. The average molecular weight is 420 g/mol. The SMILES string of the molecule is O=C(O)c1ccc([C@@H](O)CC2c3c(F)cccc3-c3cncn32)cc1C1CCCCC1. The number of aliphatic hydroxyl groups excluding tert-OH is 1. The van der Waals surface area contributed by atoms with E-state index < -0.39 is 12.1 Å². The first-order valence-corrected chi connectivity index (χ1v) is 10.9. The van der Waals surface area contributed by atoms with Crippen molar-refractivity contribution in [1.82, 2.24) is 9.55 Å². The summed E-state index contributed by atoms with van der Waals surface area (Å²) in [5, 5.41) is 20.8. The van der Waals surface area contributed by atoms with Crippen molar-refractivity contribution in [2.45, 2.75) is 56.6 Å². The molecule has 5 rings (SSSR count). The van der Waals surface area contributed by atoms with E-state index in [-0.39, 0.29) is 24.2 Å². The summed E-state index contributed by atoms with van der Waals surface area (Å²) in [5.41, 5.74) is 4.03. The Kier molecular flexibility index (Phi) is 5.10. The van der Waals surface area contributed by atoms with Crippen molar-refractivity contribution in [1.29, 1.82) is 0 Å². The normalized spacial score (nSPS) is 19.1. The number of nitrogens with zero attached hydrogens (tertiary/aromatic N) is 2.